The number of aromatic nitrogens is 1. The Labute approximate surface area is 106 Å². The average molecular weight is 269 g/mol. The van der Waals surface area contributed by atoms with Crippen molar-refractivity contribution in [2.45, 2.75) is 12.8 Å². The number of H-pyrrole nitrogens is 1. The molecule has 1 aromatic heterocycles. The number of nitrogens with one attached hydrogen (secondary N) is 1. The number of hydrogen-bond donors (Lipinski definition) is 2. The minimum absolute atomic E-state index is 0.0594. The van der Waals surface area contributed by atoms with E-state index in [1.807, 2.05) is 0 Å². The highest BCUT2D eigenvalue weighted by molar-refractivity contribution is 5.69. The predicted octanol–water partition coefficient (Wildman–Crippen LogP) is 2.55. The number of benzene rings is 1. The van der Waals surface area contributed by atoms with Crippen molar-refractivity contribution >= 4 is 0 Å². The van der Waals surface area contributed by atoms with Gasteiger partial charge in [-0.1, -0.05) is 18.2 Å². The molecule has 19 heavy (non-hydrogen) atoms. The molecular formula is C13H10F3NO2. The van der Waals surface area contributed by atoms with Gasteiger partial charge in [-0.05, 0) is 17.7 Å². The van der Waals surface area contributed by atoms with Crippen LogP contribution in [0.1, 0.15) is 11.3 Å². The highest BCUT2D eigenvalue weighted by Crippen LogP contribution is 2.37. The number of pyridine rings is 1. The molecule has 0 spiro atoms. The van der Waals surface area contributed by atoms with Crippen molar-refractivity contribution < 1.29 is 18.3 Å². The molecule has 0 fully saturated rings. The first-order valence-corrected chi connectivity index (χ1v) is 5.43. The molecule has 0 aliphatic carbocycles. The number of aromatic amines is 1. The van der Waals surface area contributed by atoms with Crippen molar-refractivity contribution in [2.75, 3.05) is 0 Å². The summed E-state index contributed by atoms with van der Waals surface area (Å²) in [5, 5.41) is 9.15. The lowest BCUT2D eigenvalue weighted by atomic mass is 9.98. The van der Waals surface area contributed by atoms with Crippen LogP contribution in [-0.4, -0.2) is 10.1 Å². The van der Waals surface area contributed by atoms with E-state index in [0.717, 1.165) is 12.1 Å². The SMILES string of the molecule is O=c1ccc(-c2ccccc2C(F)(F)F)c(CO)[nH]1. The van der Waals surface area contributed by atoms with Gasteiger partial charge in [-0.2, -0.15) is 13.2 Å². The van der Waals surface area contributed by atoms with E-state index in [2.05, 4.69) is 4.98 Å². The van der Waals surface area contributed by atoms with Gasteiger partial charge in [0.1, 0.15) is 0 Å². The maximum Gasteiger partial charge on any atom is 0.417 e. The molecule has 6 heteroatoms. The highest BCUT2D eigenvalue weighted by atomic mass is 19.4. The van der Waals surface area contributed by atoms with Gasteiger partial charge < -0.3 is 10.1 Å². The van der Waals surface area contributed by atoms with Crippen LogP contribution in [0.4, 0.5) is 13.2 Å². The minimum Gasteiger partial charge on any atom is -0.390 e. The standard InChI is InChI=1S/C13H10F3NO2/c14-13(15,16)10-4-2-1-3-8(10)9-5-6-12(19)17-11(9)7-18/h1-6,18H,7H2,(H,17,19). The second-order valence-corrected chi connectivity index (χ2v) is 3.92. The fraction of sp³-hybridized carbons (Fsp3) is 0.154. The Kier molecular flexibility index (Phi) is 3.44. The lowest BCUT2D eigenvalue weighted by molar-refractivity contribution is -0.137. The van der Waals surface area contributed by atoms with Gasteiger partial charge in [0.2, 0.25) is 5.56 Å². The van der Waals surface area contributed by atoms with Crippen molar-refractivity contribution in [3.05, 3.63) is 58.0 Å². The summed E-state index contributed by atoms with van der Waals surface area (Å²) in [6, 6.07) is 7.42. The van der Waals surface area contributed by atoms with E-state index in [4.69, 9.17) is 5.11 Å². The number of hydrogen-bond acceptors (Lipinski definition) is 2. The van der Waals surface area contributed by atoms with Crippen LogP contribution in [-0.2, 0) is 12.8 Å². The van der Waals surface area contributed by atoms with E-state index < -0.39 is 23.9 Å². The smallest absolute Gasteiger partial charge is 0.390 e. The third-order valence-corrected chi connectivity index (χ3v) is 2.68. The van der Waals surface area contributed by atoms with Gasteiger partial charge in [0, 0.05) is 11.6 Å². The molecule has 0 aliphatic heterocycles. The van der Waals surface area contributed by atoms with Crippen LogP contribution in [0.2, 0.25) is 0 Å². The second kappa shape index (κ2) is 4.89. The summed E-state index contributed by atoms with van der Waals surface area (Å²) >= 11 is 0. The van der Waals surface area contributed by atoms with Gasteiger partial charge in [-0.3, -0.25) is 4.79 Å². The molecule has 0 aliphatic rings. The first kappa shape index (κ1) is 13.4. The summed E-state index contributed by atoms with van der Waals surface area (Å²) < 4.78 is 38.7. The fourth-order valence-corrected chi connectivity index (χ4v) is 1.86. The molecular weight excluding hydrogens is 259 g/mol. The zero-order valence-electron chi connectivity index (χ0n) is 9.66. The van der Waals surface area contributed by atoms with E-state index in [9.17, 15) is 18.0 Å². The van der Waals surface area contributed by atoms with Crippen LogP contribution in [0.25, 0.3) is 11.1 Å². The lowest BCUT2D eigenvalue weighted by Crippen LogP contribution is -2.11. The van der Waals surface area contributed by atoms with Crippen LogP contribution in [0, 0.1) is 0 Å². The van der Waals surface area contributed by atoms with Crippen molar-refractivity contribution in [3.63, 3.8) is 0 Å². The molecule has 0 saturated heterocycles. The maximum absolute atomic E-state index is 12.9. The Hall–Kier alpha value is -2.08. The van der Waals surface area contributed by atoms with Gasteiger partial charge in [0.05, 0.1) is 17.9 Å². The molecule has 2 N–H and O–H groups in total. The third kappa shape index (κ3) is 2.68. The Morgan fingerprint density at radius 3 is 2.37 bits per heavy atom. The third-order valence-electron chi connectivity index (χ3n) is 2.68. The molecule has 0 radical (unpaired) electrons. The normalized spacial score (nSPS) is 11.6. The van der Waals surface area contributed by atoms with E-state index in [-0.39, 0.29) is 16.8 Å². The van der Waals surface area contributed by atoms with E-state index in [0.29, 0.717) is 0 Å². The summed E-state index contributed by atoms with van der Waals surface area (Å²) in [5.74, 6) is 0. The fourth-order valence-electron chi connectivity index (χ4n) is 1.86. The lowest BCUT2D eigenvalue weighted by Gasteiger charge is -2.14. The van der Waals surface area contributed by atoms with Gasteiger partial charge in [0.25, 0.3) is 0 Å². The zero-order valence-corrected chi connectivity index (χ0v) is 9.66. The van der Waals surface area contributed by atoms with Gasteiger partial charge >= 0.3 is 6.18 Å². The molecule has 3 nitrogen and oxygen atoms in total. The molecule has 2 rings (SSSR count). The Balaban J connectivity index is 2.69. The summed E-state index contributed by atoms with van der Waals surface area (Å²) in [4.78, 5) is 13.5. The predicted molar refractivity (Wildman–Crippen MR) is 63.4 cm³/mol. The quantitative estimate of drug-likeness (QED) is 0.880. The van der Waals surface area contributed by atoms with Crippen molar-refractivity contribution in [3.8, 4) is 11.1 Å². The first-order chi connectivity index (χ1) is 8.93. The monoisotopic (exact) mass is 269 g/mol. The number of aliphatic hydroxyl groups is 1. The van der Waals surface area contributed by atoms with Crippen LogP contribution >= 0.6 is 0 Å². The van der Waals surface area contributed by atoms with Crippen molar-refractivity contribution in [1.29, 1.82) is 0 Å². The van der Waals surface area contributed by atoms with Gasteiger partial charge in [-0.25, -0.2) is 0 Å². The Morgan fingerprint density at radius 2 is 1.74 bits per heavy atom. The van der Waals surface area contributed by atoms with E-state index in [1.165, 1.54) is 24.3 Å². The molecule has 0 saturated carbocycles. The van der Waals surface area contributed by atoms with Crippen LogP contribution in [0.3, 0.4) is 0 Å². The number of alkyl halides is 3. The summed E-state index contributed by atoms with van der Waals surface area (Å²) in [7, 11) is 0. The molecule has 0 bridgehead atoms. The minimum atomic E-state index is -4.50. The van der Waals surface area contributed by atoms with Crippen molar-refractivity contribution in [2.24, 2.45) is 0 Å². The average Bonchev–Trinajstić information content (AvgIpc) is 2.37. The summed E-state index contributed by atoms with van der Waals surface area (Å²) in [5.41, 5.74) is -1.14. The summed E-state index contributed by atoms with van der Waals surface area (Å²) in [6.45, 7) is -0.544. The maximum atomic E-state index is 12.9. The van der Waals surface area contributed by atoms with Crippen molar-refractivity contribution in [1.82, 2.24) is 4.98 Å². The highest BCUT2D eigenvalue weighted by Gasteiger charge is 2.33. The molecule has 0 unspecified atom stereocenters. The summed E-state index contributed by atoms with van der Waals surface area (Å²) in [6.07, 6.45) is -4.50. The molecule has 1 heterocycles. The largest absolute Gasteiger partial charge is 0.417 e. The number of halogens is 3. The topological polar surface area (TPSA) is 53.1 Å². The first-order valence-electron chi connectivity index (χ1n) is 5.43. The van der Waals surface area contributed by atoms with E-state index in [1.54, 1.807) is 0 Å². The molecule has 0 atom stereocenters. The van der Waals surface area contributed by atoms with E-state index >= 15 is 0 Å². The number of aliphatic hydroxyl groups excluding tert-OH is 1. The van der Waals surface area contributed by atoms with Crippen LogP contribution in [0.15, 0.2) is 41.2 Å². The number of rotatable bonds is 2. The molecule has 2 aromatic rings. The van der Waals surface area contributed by atoms with Gasteiger partial charge in [0.15, 0.2) is 0 Å². The second-order valence-electron chi connectivity index (χ2n) is 3.92. The van der Waals surface area contributed by atoms with Crippen LogP contribution in [0.5, 0.6) is 0 Å². The molecule has 1 aromatic carbocycles. The zero-order chi connectivity index (χ0) is 14.0. The van der Waals surface area contributed by atoms with Crippen LogP contribution < -0.4 is 5.56 Å². The van der Waals surface area contributed by atoms with Gasteiger partial charge in [-0.15, -0.1) is 0 Å². The molecule has 100 valence electrons. The Bertz CT molecular complexity index is 647. The molecule has 0 amide bonds. The Morgan fingerprint density at radius 1 is 1.05 bits per heavy atom.